The van der Waals surface area contributed by atoms with Crippen LogP contribution in [-0.4, -0.2) is 20.3 Å². The van der Waals surface area contributed by atoms with Crippen molar-refractivity contribution in [1.29, 1.82) is 0 Å². The second kappa shape index (κ2) is 11.5. The lowest BCUT2D eigenvalue weighted by molar-refractivity contribution is 0.267. The van der Waals surface area contributed by atoms with Crippen LogP contribution in [0.3, 0.4) is 0 Å². The van der Waals surface area contributed by atoms with Gasteiger partial charge in [0, 0.05) is 16.4 Å². The van der Waals surface area contributed by atoms with Crippen LogP contribution in [0.25, 0.3) is 0 Å². The van der Waals surface area contributed by atoms with Gasteiger partial charge in [-0.15, -0.1) is 0 Å². The molecule has 0 fully saturated rings. The van der Waals surface area contributed by atoms with Crippen LogP contribution >= 0.6 is 31.9 Å². The van der Waals surface area contributed by atoms with Crippen molar-refractivity contribution in [3.63, 3.8) is 0 Å². The normalized spacial score (nSPS) is 13.8. The Kier molecular flexibility index (Phi) is 10.8. The lowest BCUT2D eigenvalue weighted by atomic mass is 9.91. The van der Waals surface area contributed by atoms with E-state index in [9.17, 15) is 0 Å². The number of rotatable bonds is 11. The Morgan fingerprint density at radius 3 is 1.89 bits per heavy atom. The molecule has 0 saturated heterocycles. The van der Waals surface area contributed by atoms with Crippen LogP contribution in [-0.2, 0) is 4.43 Å². The molecule has 1 atom stereocenters. The molecule has 156 valence electrons. The Balaban J connectivity index is 2.68. The van der Waals surface area contributed by atoms with Crippen LogP contribution in [0.2, 0.25) is 16.6 Å². The van der Waals surface area contributed by atoms with Gasteiger partial charge in [-0.05, 0) is 65.9 Å². The topological polar surface area (TPSA) is 9.23 Å². The molecule has 0 aliphatic rings. The van der Waals surface area contributed by atoms with Crippen LogP contribution in [0.5, 0.6) is 0 Å². The molecule has 0 heterocycles. The van der Waals surface area contributed by atoms with Crippen molar-refractivity contribution in [3.05, 3.63) is 33.3 Å². The van der Waals surface area contributed by atoms with Crippen molar-refractivity contribution < 1.29 is 4.43 Å². The van der Waals surface area contributed by atoms with Gasteiger partial charge in [0.2, 0.25) is 0 Å². The monoisotopic (exact) mass is 518 g/mol. The van der Waals surface area contributed by atoms with E-state index in [1.54, 1.807) is 0 Å². The average molecular weight is 520 g/mol. The van der Waals surface area contributed by atoms with Crippen LogP contribution in [0.4, 0.5) is 0 Å². The molecule has 0 aromatic heterocycles. The molecule has 1 rings (SSSR count). The van der Waals surface area contributed by atoms with Crippen molar-refractivity contribution >= 4 is 40.2 Å². The second-order valence-electron chi connectivity index (χ2n) is 8.94. The van der Waals surface area contributed by atoms with E-state index in [1.165, 1.54) is 34.0 Å². The third-order valence-corrected chi connectivity index (χ3v) is 14.1. The first-order valence-electron chi connectivity index (χ1n) is 10.5. The molecule has 1 nitrogen and oxygen atoms in total. The summed E-state index contributed by atoms with van der Waals surface area (Å²) in [6.07, 6.45) is 3.58. The van der Waals surface area contributed by atoms with Gasteiger partial charge in [-0.25, -0.2) is 0 Å². The predicted molar refractivity (Wildman–Crippen MR) is 131 cm³/mol. The highest BCUT2D eigenvalue weighted by molar-refractivity contribution is 9.10. The molecular formula is C23H40Br2OSi. The molecule has 0 amide bonds. The van der Waals surface area contributed by atoms with E-state index >= 15 is 0 Å². The second-order valence-corrected chi connectivity index (χ2v) is 15.8. The fraction of sp³-hybridized carbons (Fsp3) is 0.739. The largest absolute Gasteiger partial charge is 0.416 e. The highest BCUT2D eigenvalue weighted by Crippen LogP contribution is 2.42. The summed E-state index contributed by atoms with van der Waals surface area (Å²) >= 11 is 7.59. The molecule has 1 aromatic carbocycles. The molecule has 0 bridgehead atoms. The molecule has 0 radical (unpaired) electrons. The number of aryl methyl sites for hydroxylation is 2. The fourth-order valence-corrected chi connectivity index (χ4v) is 11.8. The minimum absolute atomic E-state index is 0.557. The first-order chi connectivity index (χ1) is 12.6. The summed E-state index contributed by atoms with van der Waals surface area (Å²) in [7, 11) is -1.72. The molecule has 1 unspecified atom stereocenters. The van der Waals surface area contributed by atoms with Crippen molar-refractivity contribution in [1.82, 2.24) is 0 Å². The van der Waals surface area contributed by atoms with Gasteiger partial charge in [0.25, 0.3) is 0 Å². The fourth-order valence-electron chi connectivity index (χ4n) is 4.84. The van der Waals surface area contributed by atoms with E-state index in [-0.39, 0.29) is 0 Å². The van der Waals surface area contributed by atoms with Gasteiger partial charge >= 0.3 is 0 Å². The van der Waals surface area contributed by atoms with Gasteiger partial charge in [0.15, 0.2) is 8.32 Å². The molecule has 1 aromatic rings. The van der Waals surface area contributed by atoms with Crippen LogP contribution in [0.15, 0.2) is 16.6 Å². The Morgan fingerprint density at radius 1 is 0.889 bits per heavy atom. The van der Waals surface area contributed by atoms with Crippen molar-refractivity contribution in [2.45, 2.75) is 97.2 Å². The smallest absolute Gasteiger partial charge is 0.200 e. The van der Waals surface area contributed by atoms with E-state index in [1.807, 2.05) is 0 Å². The maximum Gasteiger partial charge on any atom is 0.200 e. The van der Waals surface area contributed by atoms with Gasteiger partial charge in [-0.3, -0.25) is 0 Å². The summed E-state index contributed by atoms with van der Waals surface area (Å²) in [6.45, 7) is 19.5. The summed E-state index contributed by atoms with van der Waals surface area (Å²) < 4.78 is 8.01. The molecule has 27 heavy (non-hydrogen) atoms. The van der Waals surface area contributed by atoms with Crippen molar-refractivity contribution in [2.75, 3.05) is 11.9 Å². The van der Waals surface area contributed by atoms with E-state index in [0.717, 1.165) is 18.4 Å². The lowest BCUT2D eigenvalue weighted by Gasteiger charge is -2.42. The molecule has 0 aliphatic carbocycles. The highest BCUT2D eigenvalue weighted by Gasteiger charge is 2.44. The highest BCUT2D eigenvalue weighted by atomic mass is 79.9. The number of unbranched alkanes of at least 4 members (excludes halogenated alkanes) is 1. The Hall–Kier alpha value is 0.357. The first kappa shape index (κ1) is 25.4. The van der Waals surface area contributed by atoms with Gasteiger partial charge < -0.3 is 4.43 Å². The van der Waals surface area contributed by atoms with Crippen LogP contribution in [0.1, 0.15) is 83.4 Å². The minimum atomic E-state index is -1.72. The van der Waals surface area contributed by atoms with Crippen molar-refractivity contribution in [3.8, 4) is 0 Å². The maximum absolute atomic E-state index is 6.72. The standard InChI is InChI=1S/C23H40Br2OSi/c1-16(2)27(17(3)4,18(5)6)26-14-10-9-11-21(15-24)22-19(7)12-13-20(8)23(22)25/h12-13,16-18,21H,9-11,14-15H2,1-8H3. The Labute approximate surface area is 186 Å². The third-order valence-electron chi connectivity index (χ3n) is 6.19. The molecule has 0 saturated carbocycles. The summed E-state index contributed by atoms with van der Waals surface area (Å²) in [5.41, 5.74) is 6.18. The summed E-state index contributed by atoms with van der Waals surface area (Å²) in [5, 5.41) is 1.01. The van der Waals surface area contributed by atoms with Gasteiger partial charge in [0.1, 0.15) is 0 Å². The average Bonchev–Trinajstić information content (AvgIpc) is 2.58. The Bertz CT molecular complexity index is 562. The third kappa shape index (κ3) is 6.17. The zero-order valence-electron chi connectivity index (χ0n) is 18.7. The van der Waals surface area contributed by atoms with E-state index in [4.69, 9.17) is 4.43 Å². The summed E-state index contributed by atoms with van der Waals surface area (Å²) in [4.78, 5) is 0. The molecular weight excluding hydrogens is 480 g/mol. The van der Waals surface area contributed by atoms with E-state index < -0.39 is 8.32 Å². The molecule has 0 spiro atoms. The lowest BCUT2D eigenvalue weighted by Crippen LogP contribution is -2.47. The van der Waals surface area contributed by atoms with E-state index in [2.05, 4.69) is 99.4 Å². The number of hydrogen-bond donors (Lipinski definition) is 0. The minimum Gasteiger partial charge on any atom is -0.416 e. The van der Waals surface area contributed by atoms with Gasteiger partial charge in [-0.2, -0.15) is 0 Å². The van der Waals surface area contributed by atoms with E-state index in [0.29, 0.717) is 22.5 Å². The molecule has 4 heteroatoms. The van der Waals surface area contributed by atoms with Crippen LogP contribution < -0.4 is 0 Å². The maximum atomic E-state index is 6.72. The summed E-state index contributed by atoms with van der Waals surface area (Å²) in [6, 6.07) is 4.46. The SMILES string of the molecule is Cc1ccc(C)c(C(CBr)CCCCO[Si](C(C)C)(C(C)C)C(C)C)c1Br. The number of alkyl halides is 1. The number of benzene rings is 1. The zero-order valence-corrected chi connectivity index (χ0v) is 22.8. The molecule has 0 aliphatic heterocycles. The zero-order chi connectivity index (χ0) is 20.8. The van der Waals surface area contributed by atoms with Gasteiger partial charge in [0.05, 0.1) is 0 Å². The Morgan fingerprint density at radius 2 is 1.41 bits per heavy atom. The number of hydrogen-bond acceptors (Lipinski definition) is 1. The number of halogens is 2. The first-order valence-corrected chi connectivity index (χ1v) is 14.6. The predicted octanol–water partition coefficient (Wildman–Crippen LogP) is 8.91. The van der Waals surface area contributed by atoms with Crippen molar-refractivity contribution in [2.24, 2.45) is 0 Å². The summed E-state index contributed by atoms with van der Waals surface area (Å²) in [5.74, 6) is 0.557. The quantitative estimate of drug-likeness (QED) is 0.161. The van der Waals surface area contributed by atoms with Gasteiger partial charge in [-0.1, -0.05) is 92.0 Å². The molecule has 0 N–H and O–H groups in total. The van der Waals surface area contributed by atoms with Crippen LogP contribution in [0, 0.1) is 13.8 Å².